The second kappa shape index (κ2) is 9.17. The number of halogens is 3. The van der Waals surface area contributed by atoms with Crippen molar-refractivity contribution in [2.45, 2.75) is 25.1 Å². The number of hydrogen-bond acceptors (Lipinski definition) is 2. The largest absolute Gasteiger partial charge is 0.481 e. The molecular weight excluding hydrogens is 415 g/mol. The smallest absolute Gasteiger partial charge is 0.416 e. The molecule has 32 heavy (non-hydrogen) atoms. The van der Waals surface area contributed by atoms with Crippen molar-refractivity contribution in [1.82, 2.24) is 4.90 Å². The topological polar surface area (TPSA) is 40.5 Å². The zero-order chi connectivity index (χ0) is 22.7. The third-order valence-electron chi connectivity index (χ3n) is 6.05. The zero-order valence-electron chi connectivity index (χ0n) is 17.4. The molecule has 3 nitrogen and oxygen atoms in total. The molecule has 1 saturated heterocycles. The Kier molecular flexibility index (Phi) is 6.33. The van der Waals surface area contributed by atoms with E-state index in [9.17, 15) is 23.1 Å². The average Bonchev–Trinajstić information content (AvgIpc) is 2.80. The van der Waals surface area contributed by atoms with E-state index in [-0.39, 0.29) is 6.04 Å². The maximum atomic E-state index is 13.1. The molecular formula is C26H24F3NO2. The van der Waals surface area contributed by atoms with Crippen molar-refractivity contribution in [2.24, 2.45) is 5.92 Å². The van der Waals surface area contributed by atoms with Gasteiger partial charge in [-0.3, -0.25) is 9.69 Å². The van der Waals surface area contributed by atoms with Gasteiger partial charge in [0.1, 0.15) is 0 Å². The van der Waals surface area contributed by atoms with Crippen LogP contribution >= 0.6 is 0 Å². The molecule has 0 saturated carbocycles. The molecule has 1 heterocycles. The van der Waals surface area contributed by atoms with E-state index in [0.29, 0.717) is 19.5 Å². The number of benzene rings is 3. The maximum absolute atomic E-state index is 13.1. The molecule has 2 atom stereocenters. The van der Waals surface area contributed by atoms with Crippen LogP contribution < -0.4 is 0 Å². The molecule has 0 radical (unpaired) electrons. The molecule has 3 aromatic rings. The Balaban J connectivity index is 1.69. The summed E-state index contributed by atoms with van der Waals surface area (Å²) in [6, 6.07) is 22.8. The highest BCUT2D eigenvalue weighted by Gasteiger charge is 2.33. The summed E-state index contributed by atoms with van der Waals surface area (Å²) in [5.74, 6) is -1.32. The van der Waals surface area contributed by atoms with Gasteiger partial charge in [0.05, 0.1) is 17.5 Å². The predicted octanol–water partition coefficient (Wildman–Crippen LogP) is 6.26. The summed E-state index contributed by atoms with van der Waals surface area (Å²) in [6.07, 6.45) is -3.06. The van der Waals surface area contributed by atoms with Gasteiger partial charge in [-0.2, -0.15) is 13.2 Å². The summed E-state index contributed by atoms with van der Waals surface area (Å²) in [5.41, 5.74) is 3.07. The molecule has 0 amide bonds. The van der Waals surface area contributed by atoms with Crippen LogP contribution in [-0.2, 0) is 11.0 Å². The van der Waals surface area contributed by atoms with Gasteiger partial charge in [-0.15, -0.1) is 0 Å². The summed E-state index contributed by atoms with van der Waals surface area (Å²) in [7, 11) is 0. The van der Waals surface area contributed by atoms with Gasteiger partial charge in [-0.25, -0.2) is 0 Å². The average molecular weight is 439 g/mol. The van der Waals surface area contributed by atoms with E-state index in [0.717, 1.165) is 40.8 Å². The highest BCUT2D eigenvalue weighted by atomic mass is 19.4. The van der Waals surface area contributed by atoms with Crippen LogP contribution in [0.1, 0.15) is 35.6 Å². The van der Waals surface area contributed by atoms with E-state index in [1.807, 2.05) is 54.6 Å². The molecule has 1 N–H and O–H groups in total. The van der Waals surface area contributed by atoms with Gasteiger partial charge in [0, 0.05) is 6.54 Å². The van der Waals surface area contributed by atoms with Crippen molar-refractivity contribution in [2.75, 3.05) is 13.1 Å². The lowest BCUT2D eigenvalue weighted by Crippen LogP contribution is -2.41. The van der Waals surface area contributed by atoms with E-state index in [1.54, 1.807) is 0 Å². The van der Waals surface area contributed by atoms with Gasteiger partial charge in [-0.1, -0.05) is 66.7 Å². The lowest BCUT2D eigenvalue weighted by atomic mass is 9.90. The van der Waals surface area contributed by atoms with Crippen LogP contribution in [0.25, 0.3) is 11.1 Å². The number of hydrogen-bond donors (Lipinski definition) is 1. The van der Waals surface area contributed by atoms with Gasteiger partial charge in [-0.05, 0) is 53.8 Å². The van der Waals surface area contributed by atoms with E-state index in [4.69, 9.17) is 0 Å². The normalized spacial score (nSPS) is 18.3. The standard InChI is InChI=1S/C26H24F3NO2/c27-26(28,29)23-14-12-21(13-15-23)24(30-16-4-7-22(17-30)25(31)32)20-10-8-19(9-11-20)18-5-2-1-3-6-18/h1-3,5-6,8-15,22,24H,4,7,16-17H2,(H,31,32). The van der Waals surface area contributed by atoms with E-state index in [2.05, 4.69) is 4.90 Å². The second-order valence-corrected chi connectivity index (χ2v) is 8.18. The summed E-state index contributed by atoms with van der Waals surface area (Å²) in [4.78, 5) is 13.7. The first-order valence-corrected chi connectivity index (χ1v) is 10.6. The zero-order valence-corrected chi connectivity index (χ0v) is 17.4. The molecule has 0 aromatic heterocycles. The van der Waals surface area contributed by atoms with Crippen LogP contribution in [0.5, 0.6) is 0 Å². The van der Waals surface area contributed by atoms with Gasteiger partial charge in [0.15, 0.2) is 0 Å². The van der Waals surface area contributed by atoms with Crippen LogP contribution in [0.2, 0.25) is 0 Å². The Bertz CT molecular complexity index is 1050. The molecule has 0 aliphatic carbocycles. The first-order chi connectivity index (χ1) is 15.3. The fraction of sp³-hybridized carbons (Fsp3) is 0.269. The summed E-state index contributed by atoms with van der Waals surface area (Å²) >= 11 is 0. The van der Waals surface area contributed by atoms with Crippen molar-refractivity contribution in [3.63, 3.8) is 0 Å². The number of carboxylic acids is 1. The van der Waals surface area contributed by atoms with Gasteiger partial charge < -0.3 is 5.11 Å². The van der Waals surface area contributed by atoms with Crippen molar-refractivity contribution in [1.29, 1.82) is 0 Å². The predicted molar refractivity (Wildman–Crippen MR) is 117 cm³/mol. The molecule has 0 bridgehead atoms. The number of likely N-dealkylation sites (tertiary alicyclic amines) is 1. The summed E-state index contributed by atoms with van der Waals surface area (Å²) < 4.78 is 39.2. The highest BCUT2D eigenvalue weighted by molar-refractivity contribution is 5.70. The number of piperidine rings is 1. The van der Waals surface area contributed by atoms with Gasteiger partial charge in [0.25, 0.3) is 0 Å². The number of rotatable bonds is 5. The first kappa shape index (κ1) is 22.1. The Morgan fingerprint density at radius 3 is 2.00 bits per heavy atom. The maximum Gasteiger partial charge on any atom is 0.416 e. The summed E-state index contributed by atoms with van der Waals surface area (Å²) in [5, 5.41) is 9.52. The van der Waals surface area contributed by atoms with Crippen LogP contribution in [0.4, 0.5) is 13.2 Å². The first-order valence-electron chi connectivity index (χ1n) is 10.6. The third kappa shape index (κ3) is 4.86. The molecule has 1 aliphatic heterocycles. The van der Waals surface area contributed by atoms with Gasteiger partial charge in [0.2, 0.25) is 0 Å². The minimum Gasteiger partial charge on any atom is -0.481 e. The molecule has 3 aromatic carbocycles. The Hall–Kier alpha value is -3.12. The molecule has 1 fully saturated rings. The molecule has 4 rings (SSSR count). The van der Waals surface area contributed by atoms with Crippen molar-refractivity contribution in [3.05, 3.63) is 95.6 Å². The molecule has 6 heteroatoms. The second-order valence-electron chi connectivity index (χ2n) is 8.18. The number of nitrogens with zero attached hydrogens (tertiary/aromatic N) is 1. The number of alkyl halides is 3. The Labute approximate surface area is 185 Å². The minimum atomic E-state index is -4.40. The molecule has 2 unspecified atom stereocenters. The minimum absolute atomic E-state index is 0.316. The van der Waals surface area contributed by atoms with Crippen molar-refractivity contribution >= 4 is 5.97 Å². The molecule has 1 aliphatic rings. The van der Waals surface area contributed by atoms with Gasteiger partial charge >= 0.3 is 12.1 Å². The lowest BCUT2D eigenvalue weighted by molar-refractivity contribution is -0.144. The highest BCUT2D eigenvalue weighted by Crippen LogP contribution is 2.36. The van der Waals surface area contributed by atoms with Crippen LogP contribution in [0.15, 0.2) is 78.9 Å². The van der Waals surface area contributed by atoms with Crippen LogP contribution in [-0.4, -0.2) is 29.1 Å². The molecule has 166 valence electrons. The number of aliphatic carboxylic acids is 1. The lowest BCUT2D eigenvalue weighted by Gasteiger charge is -2.37. The number of carbonyl (C=O) groups is 1. The van der Waals surface area contributed by atoms with Crippen LogP contribution in [0.3, 0.4) is 0 Å². The van der Waals surface area contributed by atoms with E-state index in [1.165, 1.54) is 12.1 Å². The molecule has 0 spiro atoms. The monoisotopic (exact) mass is 439 g/mol. The quantitative estimate of drug-likeness (QED) is 0.510. The Morgan fingerprint density at radius 1 is 0.875 bits per heavy atom. The van der Waals surface area contributed by atoms with Crippen molar-refractivity contribution in [3.8, 4) is 11.1 Å². The van der Waals surface area contributed by atoms with E-state index >= 15 is 0 Å². The SMILES string of the molecule is O=C(O)C1CCCN(C(c2ccc(-c3ccccc3)cc2)c2ccc(C(F)(F)F)cc2)C1. The van der Waals surface area contributed by atoms with E-state index < -0.39 is 23.6 Å². The fourth-order valence-corrected chi connectivity index (χ4v) is 4.40. The Morgan fingerprint density at radius 2 is 1.44 bits per heavy atom. The van der Waals surface area contributed by atoms with Crippen molar-refractivity contribution < 1.29 is 23.1 Å². The van der Waals surface area contributed by atoms with Crippen LogP contribution in [0, 0.1) is 5.92 Å². The number of carboxylic acid groups (broad SMARTS) is 1. The third-order valence-corrected chi connectivity index (χ3v) is 6.05. The summed E-state index contributed by atoms with van der Waals surface area (Å²) in [6.45, 7) is 1.05. The fourth-order valence-electron chi connectivity index (χ4n) is 4.40.